The topological polar surface area (TPSA) is 90.5 Å². The summed E-state index contributed by atoms with van der Waals surface area (Å²) in [4.78, 5) is 25.5. The second-order valence-corrected chi connectivity index (χ2v) is 7.84. The number of benzene rings is 2. The smallest absolute Gasteiger partial charge is 0.293 e. The number of carbonyl (C=O) groups excluding carboxylic acids is 1. The van der Waals surface area contributed by atoms with Crippen LogP contribution in [0.2, 0.25) is 0 Å². The molecular formula is C24H25N5O3. The van der Waals surface area contributed by atoms with Crippen molar-refractivity contribution in [3.8, 4) is 17.0 Å². The van der Waals surface area contributed by atoms with Crippen LogP contribution in [0.1, 0.15) is 29.7 Å². The lowest BCUT2D eigenvalue weighted by atomic mass is 10.0. The minimum Gasteiger partial charge on any atom is -0.497 e. The lowest BCUT2D eigenvalue weighted by Crippen LogP contribution is -2.35. The molecule has 0 saturated carbocycles. The Morgan fingerprint density at radius 3 is 2.75 bits per heavy atom. The third-order valence-corrected chi connectivity index (χ3v) is 5.42. The molecule has 2 aromatic carbocycles. The molecular weight excluding hydrogens is 406 g/mol. The second kappa shape index (κ2) is 8.66. The highest BCUT2D eigenvalue weighted by Gasteiger charge is 2.15. The number of ether oxygens (including phenoxy) is 1. The first kappa shape index (κ1) is 21.3. The molecule has 0 aliphatic rings. The number of aryl methyl sites for hydroxylation is 2. The number of fused-ring (bicyclic) bond motifs is 1. The molecule has 2 aromatic heterocycles. The molecule has 0 aliphatic heterocycles. The van der Waals surface area contributed by atoms with Gasteiger partial charge in [-0.3, -0.25) is 9.59 Å². The van der Waals surface area contributed by atoms with E-state index in [9.17, 15) is 9.59 Å². The molecule has 32 heavy (non-hydrogen) atoms. The van der Waals surface area contributed by atoms with Crippen LogP contribution in [0.15, 0.2) is 59.7 Å². The minimum atomic E-state index is -0.374. The maximum atomic E-state index is 12.9. The highest BCUT2D eigenvalue weighted by Crippen LogP contribution is 2.23. The molecule has 1 unspecified atom stereocenters. The first-order valence-electron chi connectivity index (χ1n) is 10.3. The Hall–Kier alpha value is -3.94. The highest BCUT2D eigenvalue weighted by molar-refractivity contribution is 5.76. The summed E-state index contributed by atoms with van der Waals surface area (Å²) in [6.07, 6.45) is 1.45. The number of rotatable bonds is 6. The molecule has 1 amide bonds. The van der Waals surface area contributed by atoms with Crippen LogP contribution in [0.3, 0.4) is 0 Å². The molecule has 4 rings (SSSR count). The predicted molar refractivity (Wildman–Crippen MR) is 122 cm³/mol. The third kappa shape index (κ3) is 4.25. The predicted octanol–water partition coefficient (Wildman–Crippen LogP) is 3.06. The number of aromatic nitrogens is 4. The highest BCUT2D eigenvalue weighted by atomic mass is 16.5. The molecule has 0 fully saturated rings. The molecule has 8 heteroatoms. The van der Waals surface area contributed by atoms with Crippen molar-refractivity contribution in [3.63, 3.8) is 0 Å². The number of nitrogens with one attached hydrogen (secondary N) is 1. The molecule has 0 spiro atoms. The van der Waals surface area contributed by atoms with Crippen molar-refractivity contribution in [2.75, 3.05) is 7.11 Å². The Morgan fingerprint density at radius 1 is 1.16 bits per heavy atom. The third-order valence-electron chi connectivity index (χ3n) is 5.42. The average Bonchev–Trinajstić information content (AvgIpc) is 3.22. The van der Waals surface area contributed by atoms with Crippen molar-refractivity contribution in [2.45, 2.75) is 33.4 Å². The van der Waals surface area contributed by atoms with Crippen LogP contribution in [0.25, 0.3) is 16.8 Å². The lowest BCUT2D eigenvalue weighted by molar-refractivity contribution is -0.122. The van der Waals surface area contributed by atoms with Crippen molar-refractivity contribution in [1.82, 2.24) is 24.7 Å². The van der Waals surface area contributed by atoms with Gasteiger partial charge in [0.05, 0.1) is 18.8 Å². The van der Waals surface area contributed by atoms with Gasteiger partial charge in [0.15, 0.2) is 0 Å². The molecule has 1 N–H and O–H groups in total. The Bertz CT molecular complexity index is 1360. The van der Waals surface area contributed by atoms with Gasteiger partial charge in [0.2, 0.25) is 5.91 Å². The van der Waals surface area contributed by atoms with E-state index in [0.29, 0.717) is 17.0 Å². The average molecular weight is 431 g/mol. The van der Waals surface area contributed by atoms with Gasteiger partial charge in [-0.05, 0) is 56.2 Å². The van der Waals surface area contributed by atoms with Crippen molar-refractivity contribution in [2.24, 2.45) is 0 Å². The van der Waals surface area contributed by atoms with E-state index < -0.39 is 0 Å². The summed E-state index contributed by atoms with van der Waals surface area (Å²) in [5.74, 6) is 0.404. The summed E-state index contributed by atoms with van der Waals surface area (Å²) in [6.45, 7) is 5.70. The molecule has 0 bridgehead atoms. The summed E-state index contributed by atoms with van der Waals surface area (Å²) < 4.78 is 7.84. The Kier molecular flexibility index (Phi) is 5.77. The van der Waals surface area contributed by atoms with Crippen LogP contribution in [0, 0.1) is 13.8 Å². The molecule has 4 aromatic rings. The lowest BCUT2D eigenvalue weighted by Gasteiger charge is -2.15. The first-order valence-corrected chi connectivity index (χ1v) is 10.3. The summed E-state index contributed by atoms with van der Waals surface area (Å²) in [5, 5.41) is 11.5. The number of methoxy groups -OCH3 is 1. The van der Waals surface area contributed by atoms with Gasteiger partial charge in [-0.2, -0.15) is 10.2 Å². The van der Waals surface area contributed by atoms with Crippen LogP contribution in [0.5, 0.6) is 5.75 Å². The van der Waals surface area contributed by atoms with E-state index >= 15 is 0 Å². The number of carbonyl (C=O) groups is 1. The molecule has 1 atom stereocenters. The number of hydrogen-bond acceptors (Lipinski definition) is 5. The van der Waals surface area contributed by atoms with Gasteiger partial charge >= 0.3 is 0 Å². The SMILES string of the molecule is COc1cccc(C(C)NC(=O)Cn2ncn3nc(-c4cc(C)ccc4C)cc3c2=O)c1. The minimum absolute atomic E-state index is 0.187. The van der Waals surface area contributed by atoms with Gasteiger partial charge in [0.25, 0.3) is 5.56 Å². The van der Waals surface area contributed by atoms with E-state index in [-0.39, 0.29) is 24.1 Å². The van der Waals surface area contributed by atoms with Crippen molar-refractivity contribution >= 4 is 11.4 Å². The zero-order valence-corrected chi connectivity index (χ0v) is 18.5. The Balaban J connectivity index is 1.55. The standard InChI is InChI=1S/C24H25N5O3/c1-15-8-9-16(2)20(10-15)21-12-22-24(31)28(25-14-29(22)27-21)13-23(30)26-17(3)18-6-5-7-19(11-18)32-4/h5-12,14,17H,13H2,1-4H3,(H,26,30). The zero-order valence-electron chi connectivity index (χ0n) is 18.5. The molecule has 0 saturated heterocycles. The van der Waals surface area contributed by atoms with E-state index in [4.69, 9.17) is 4.74 Å². The second-order valence-electron chi connectivity index (χ2n) is 7.84. The van der Waals surface area contributed by atoms with Gasteiger partial charge in [-0.15, -0.1) is 0 Å². The van der Waals surface area contributed by atoms with E-state index in [1.54, 1.807) is 13.2 Å². The summed E-state index contributed by atoms with van der Waals surface area (Å²) >= 11 is 0. The fourth-order valence-corrected chi connectivity index (χ4v) is 3.61. The Labute approximate surface area is 185 Å². The van der Waals surface area contributed by atoms with Crippen LogP contribution in [-0.4, -0.2) is 32.4 Å². The van der Waals surface area contributed by atoms with Crippen LogP contribution >= 0.6 is 0 Å². The number of hydrogen-bond donors (Lipinski definition) is 1. The maximum Gasteiger partial charge on any atom is 0.293 e. The maximum absolute atomic E-state index is 12.9. The van der Waals surface area contributed by atoms with Crippen LogP contribution < -0.4 is 15.6 Å². The van der Waals surface area contributed by atoms with Gasteiger partial charge in [-0.1, -0.05) is 29.8 Å². The normalized spacial score (nSPS) is 12.0. The largest absolute Gasteiger partial charge is 0.497 e. The van der Waals surface area contributed by atoms with E-state index in [0.717, 1.165) is 26.9 Å². The van der Waals surface area contributed by atoms with E-state index in [1.807, 2.05) is 63.2 Å². The quantitative estimate of drug-likeness (QED) is 0.507. The zero-order chi connectivity index (χ0) is 22.8. The van der Waals surface area contributed by atoms with Crippen LogP contribution in [-0.2, 0) is 11.3 Å². The van der Waals surface area contributed by atoms with Crippen molar-refractivity contribution in [1.29, 1.82) is 0 Å². The van der Waals surface area contributed by atoms with Crippen LogP contribution in [0.4, 0.5) is 0 Å². The van der Waals surface area contributed by atoms with Gasteiger partial charge < -0.3 is 10.1 Å². The molecule has 8 nitrogen and oxygen atoms in total. The number of nitrogens with zero attached hydrogens (tertiary/aromatic N) is 4. The fourth-order valence-electron chi connectivity index (χ4n) is 3.61. The van der Waals surface area contributed by atoms with Gasteiger partial charge in [-0.25, -0.2) is 9.20 Å². The van der Waals surface area contributed by atoms with Gasteiger partial charge in [0.1, 0.15) is 24.1 Å². The first-order chi connectivity index (χ1) is 15.4. The molecule has 0 radical (unpaired) electrons. The van der Waals surface area contributed by atoms with Crippen molar-refractivity contribution in [3.05, 3.63) is 81.9 Å². The molecule has 0 aliphatic carbocycles. The van der Waals surface area contributed by atoms with E-state index in [2.05, 4.69) is 15.5 Å². The van der Waals surface area contributed by atoms with Crippen molar-refractivity contribution < 1.29 is 9.53 Å². The Morgan fingerprint density at radius 2 is 1.97 bits per heavy atom. The summed E-state index contributed by atoms with van der Waals surface area (Å²) in [6, 6.07) is 15.1. The summed E-state index contributed by atoms with van der Waals surface area (Å²) in [7, 11) is 1.60. The van der Waals surface area contributed by atoms with Gasteiger partial charge in [0, 0.05) is 5.56 Å². The molecule has 164 valence electrons. The fraction of sp³-hybridized carbons (Fsp3) is 0.250. The molecule has 2 heterocycles. The summed E-state index contributed by atoms with van der Waals surface area (Å²) in [5.41, 5.74) is 4.73. The number of amides is 1. The van der Waals surface area contributed by atoms with E-state index in [1.165, 1.54) is 10.8 Å². The monoisotopic (exact) mass is 431 g/mol.